The Morgan fingerprint density at radius 1 is 1.13 bits per heavy atom. The first kappa shape index (κ1) is 20.5. The second-order valence-electron chi connectivity index (χ2n) is 7.75. The molecule has 7 heteroatoms. The van der Waals surface area contributed by atoms with Gasteiger partial charge in [0.25, 0.3) is 0 Å². The summed E-state index contributed by atoms with van der Waals surface area (Å²) in [4.78, 5) is 11.4. The van der Waals surface area contributed by atoms with Gasteiger partial charge in [0, 0.05) is 36.9 Å². The number of rotatable bonds is 6. The zero-order valence-electron chi connectivity index (χ0n) is 17.5. The third kappa shape index (κ3) is 3.70. The molecule has 0 aliphatic carbocycles. The topological polar surface area (TPSA) is 66.2 Å². The number of hydrogen-bond acceptors (Lipinski definition) is 4. The highest BCUT2D eigenvalue weighted by Gasteiger charge is 2.41. The Hall–Kier alpha value is -2.77. The molecule has 0 amide bonds. The van der Waals surface area contributed by atoms with Gasteiger partial charge in [-0.05, 0) is 74.8 Å². The minimum Gasteiger partial charge on any atom is -0.396 e. The number of nitrogens with zero attached hydrogens (tertiary/aromatic N) is 4. The molecule has 30 heavy (non-hydrogen) atoms. The third-order valence-corrected chi connectivity index (χ3v) is 6.02. The number of aryl methyl sites for hydroxylation is 2. The van der Waals surface area contributed by atoms with E-state index in [9.17, 15) is 5.11 Å². The molecule has 1 aliphatic heterocycles. The van der Waals surface area contributed by atoms with Gasteiger partial charge in [-0.2, -0.15) is 0 Å². The number of hydrogen-bond donors (Lipinski definition) is 2. The Morgan fingerprint density at radius 2 is 1.97 bits per heavy atom. The molecule has 2 N–H and O–H groups in total. The van der Waals surface area contributed by atoms with Crippen molar-refractivity contribution < 1.29 is 5.11 Å². The lowest BCUT2D eigenvalue weighted by Gasteiger charge is -2.28. The van der Waals surface area contributed by atoms with Crippen LogP contribution in [0, 0.1) is 20.8 Å². The van der Waals surface area contributed by atoms with Gasteiger partial charge in [0.05, 0.1) is 17.8 Å². The fraction of sp³-hybridized carbons (Fsp3) is 0.348. The minimum absolute atomic E-state index is 0.00986. The fourth-order valence-electron chi connectivity index (χ4n) is 4.26. The molecule has 1 aliphatic rings. The molecule has 3 aromatic heterocycles. The van der Waals surface area contributed by atoms with Crippen LogP contribution < -0.4 is 5.32 Å². The van der Waals surface area contributed by atoms with E-state index in [4.69, 9.17) is 12.2 Å². The van der Waals surface area contributed by atoms with E-state index in [0.29, 0.717) is 18.1 Å². The normalized spacial score (nSPS) is 18.7. The summed E-state index contributed by atoms with van der Waals surface area (Å²) < 4.78 is 2.19. The third-order valence-electron chi connectivity index (χ3n) is 5.67. The van der Waals surface area contributed by atoms with Crippen molar-refractivity contribution in [3.63, 3.8) is 0 Å². The highest BCUT2D eigenvalue weighted by atomic mass is 32.1. The van der Waals surface area contributed by atoms with Crippen molar-refractivity contribution >= 4 is 17.3 Å². The smallest absolute Gasteiger partial charge is 0.170 e. The van der Waals surface area contributed by atoms with Gasteiger partial charge in [0.1, 0.15) is 5.82 Å². The zero-order chi connectivity index (χ0) is 21.3. The van der Waals surface area contributed by atoms with Crippen molar-refractivity contribution in [3.05, 3.63) is 77.0 Å². The van der Waals surface area contributed by atoms with Crippen LogP contribution in [0.1, 0.15) is 46.7 Å². The lowest BCUT2D eigenvalue weighted by molar-refractivity contribution is 0.247. The predicted octanol–water partition coefficient (Wildman–Crippen LogP) is 3.55. The molecule has 2 atom stereocenters. The number of thiocarbonyl (C=S) groups is 1. The second kappa shape index (κ2) is 8.53. The van der Waals surface area contributed by atoms with Gasteiger partial charge in [-0.25, -0.2) is 4.98 Å². The van der Waals surface area contributed by atoms with Crippen molar-refractivity contribution in [2.24, 2.45) is 0 Å². The maximum absolute atomic E-state index is 9.41. The van der Waals surface area contributed by atoms with Gasteiger partial charge in [0.2, 0.25) is 0 Å². The lowest BCUT2D eigenvalue weighted by atomic mass is 9.96. The summed E-state index contributed by atoms with van der Waals surface area (Å²) in [6, 6.07) is 12.2. The van der Waals surface area contributed by atoms with E-state index < -0.39 is 0 Å². The first-order valence-corrected chi connectivity index (χ1v) is 10.6. The van der Waals surface area contributed by atoms with Crippen LogP contribution in [0.15, 0.2) is 48.8 Å². The molecule has 0 aromatic carbocycles. The van der Waals surface area contributed by atoms with Crippen LogP contribution in [0.3, 0.4) is 0 Å². The monoisotopic (exact) mass is 421 g/mol. The van der Waals surface area contributed by atoms with E-state index in [-0.39, 0.29) is 18.7 Å². The first-order chi connectivity index (χ1) is 14.5. The van der Waals surface area contributed by atoms with Crippen molar-refractivity contribution in [2.45, 2.75) is 39.3 Å². The summed E-state index contributed by atoms with van der Waals surface area (Å²) in [5.74, 6) is 0.909. The predicted molar refractivity (Wildman–Crippen MR) is 122 cm³/mol. The molecular weight excluding hydrogens is 394 g/mol. The van der Waals surface area contributed by atoms with E-state index >= 15 is 0 Å². The molecule has 0 unspecified atom stereocenters. The maximum Gasteiger partial charge on any atom is 0.170 e. The van der Waals surface area contributed by atoms with Crippen LogP contribution in [0.4, 0.5) is 0 Å². The van der Waals surface area contributed by atoms with Crippen LogP contribution in [0.2, 0.25) is 0 Å². The van der Waals surface area contributed by atoms with Crippen LogP contribution in [-0.4, -0.2) is 42.8 Å². The summed E-state index contributed by atoms with van der Waals surface area (Å²) in [5.41, 5.74) is 5.54. The van der Waals surface area contributed by atoms with E-state index in [1.54, 1.807) is 0 Å². The molecule has 3 aromatic rings. The Balaban J connectivity index is 1.81. The van der Waals surface area contributed by atoms with Crippen molar-refractivity contribution in [2.75, 3.05) is 13.2 Å². The number of aromatic nitrogens is 3. The largest absolute Gasteiger partial charge is 0.396 e. The van der Waals surface area contributed by atoms with Crippen molar-refractivity contribution in [3.8, 4) is 5.82 Å². The summed E-state index contributed by atoms with van der Waals surface area (Å²) in [7, 11) is 0. The highest BCUT2D eigenvalue weighted by molar-refractivity contribution is 7.80. The van der Waals surface area contributed by atoms with Gasteiger partial charge in [-0.15, -0.1) is 0 Å². The van der Waals surface area contributed by atoms with E-state index in [1.807, 2.05) is 37.5 Å². The maximum atomic E-state index is 9.41. The average molecular weight is 422 g/mol. The fourth-order valence-corrected chi connectivity index (χ4v) is 4.59. The van der Waals surface area contributed by atoms with Crippen LogP contribution >= 0.6 is 12.2 Å². The lowest BCUT2D eigenvalue weighted by Crippen LogP contribution is -2.31. The van der Waals surface area contributed by atoms with Crippen molar-refractivity contribution in [1.82, 2.24) is 24.8 Å². The molecule has 0 bridgehead atoms. The minimum atomic E-state index is -0.0580. The summed E-state index contributed by atoms with van der Waals surface area (Å²) in [6.45, 7) is 7.09. The number of nitrogens with one attached hydrogen (secondary N) is 1. The SMILES string of the molecule is Cc1ccc(-n2c(C)cc([C@@H]3[C@H](c4ccccn4)NC(=S)N3CCCO)c2C)nc1. The molecule has 1 saturated heterocycles. The van der Waals surface area contributed by atoms with Crippen LogP contribution in [-0.2, 0) is 0 Å². The Kier molecular flexibility index (Phi) is 5.83. The zero-order valence-corrected chi connectivity index (χ0v) is 18.4. The summed E-state index contributed by atoms with van der Waals surface area (Å²) >= 11 is 5.68. The van der Waals surface area contributed by atoms with E-state index in [2.05, 4.69) is 56.8 Å². The Bertz CT molecular complexity index is 1030. The molecule has 1 fully saturated rings. The van der Waals surface area contributed by atoms with Gasteiger partial charge >= 0.3 is 0 Å². The standard InChI is InChI=1S/C23H27N5OS/c1-15-8-9-20(25-14-15)28-16(2)13-18(17(28)3)22-21(19-7-4-5-10-24-19)26-23(30)27(22)11-6-12-29/h4-5,7-10,13-14,21-22,29H,6,11-12H2,1-3H3,(H,26,30)/t21-,22+/m0/s1. The summed E-state index contributed by atoms with van der Waals surface area (Å²) in [6.07, 6.45) is 4.36. The van der Waals surface area contributed by atoms with Crippen LogP contribution in [0.5, 0.6) is 0 Å². The van der Waals surface area contributed by atoms with Crippen LogP contribution in [0.25, 0.3) is 5.82 Å². The molecule has 4 rings (SSSR count). The van der Waals surface area contributed by atoms with Gasteiger partial charge in [-0.1, -0.05) is 12.1 Å². The molecule has 6 nitrogen and oxygen atoms in total. The second-order valence-corrected chi connectivity index (χ2v) is 8.14. The van der Waals surface area contributed by atoms with E-state index in [1.165, 1.54) is 5.56 Å². The summed E-state index contributed by atoms with van der Waals surface area (Å²) in [5, 5.41) is 13.6. The quantitative estimate of drug-likeness (QED) is 0.594. The molecule has 0 spiro atoms. The molecule has 0 radical (unpaired) electrons. The molecule has 4 heterocycles. The van der Waals surface area contributed by atoms with Gasteiger partial charge < -0.3 is 19.9 Å². The first-order valence-electron chi connectivity index (χ1n) is 10.2. The molecule has 0 saturated carbocycles. The molecular formula is C23H27N5OS. The average Bonchev–Trinajstić information content (AvgIpc) is 3.23. The Morgan fingerprint density at radius 3 is 2.63 bits per heavy atom. The number of aliphatic hydroxyl groups excluding tert-OH is 1. The number of pyridine rings is 2. The number of aliphatic hydroxyl groups is 1. The van der Waals surface area contributed by atoms with Gasteiger partial charge in [0.15, 0.2) is 5.11 Å². The van der Waals surface area contributed by atoms with Gasteiger partial charge in [-0.3, -0.25) is 4.98 Å². The highest BCUT2D eigenvalue weighted by Crippen LogP contribution is 2.41. The molecule has 156 valence electrons. The van der Waals surface area contributed by atoms with E-state index in [0.717, 1.165) is 28.5 Å². The van der Waals surface area contributed by atoms with Crippen molar-refractivity contribution in [1.29, 1.82) is 0 Å². The Labute approximate surface area is 182 Å².